The first-order valence-electron chi connectivity index (χ1n) is 6.44. The normalized spacial score (nSPS) is 12.7. The summed E-state index contributed by atoms with van der Waals surface area (Å²) in [4.78, 5) is 4.37. The van der Waals surface area contributed by atoms with Gasteiger partial charge in [-0.2, -0.15) is 4.98 Å². The topological polar surface area (TPSA) is 74.2 Å². The van der Waals surface area contributed by atoms with E-state index in [2.05, 4.69) is 39.9 Å². The van der Waals surface area contributed by atoms with Crippen LogP contribution in [0.5, 0.6) is 5.75 Å². The van der Waals surface area contributed by atoms with Gasteiger partial charge in [0.05, 0.1) is 17.6 Å². The highest BCUT2D eigenvalue weighted by molar-refractivity contribution is 9.10. The molecule has 0 radical (unpaired) electrons. The van der Waals surface area contributed by atoms with Crippen molar-refractivity contribution in [2.75, 3.05) is 7.11 Å². The second kappa shape index (κ2) is 6.37. The average Bonchev–Trinajstić information content (AvgIpc) is 2.87. The Morgan fingerprint density at radius 2 is 2.15 bits per heavy atom. The maximum atomic E-state index is 6.04. The molecule has 0 amide bonds. The Balaban J connectivity index is 2.22. The number of nitrogens with two attached hydrogens (primary N) is 1. The van der Waals surface area contributed by atoms with Crippen LogP contribution in [0.2, 0.25) is 0 Å². The summed E-state index contributed by atoms with van der Waals surface area (Å²) < 4.78 is 11.3. The highest BCUT2D eigenvalue weighted by Crippen LogP contribution is 2.30. The van der Waals surface area contributed by atoms with E-state index in [1.165, 1.54) is 0 Å². The number of methoxy groups -OCH3 is 1. The van der Waals surface area contributed by atoms with Crippen LogP contribution in [0.4, 0.5) is 0 Å². The van der Waals surface area contributed by atoms with E-state index >= 15 is 0 Å². The van der Waals surface area contributed by atoms with Crippen LogP contribution in [0, 0.1) is 5.92 Å². The molecule has 0 spiro atoms. The summed E-state index contributed by atoms with van der Waals surface area (Å²) in [6, 6.07) is 5.40. The van der Waals surface area contributed by atoms with E-state index in [1.54, 1.807) is 7.11 Å². The van der Waals surface area contributed by atoms with E-state index in [0.717, 1.165) is 22.2 Å². The summed E-state index contributed by atoms with van der Waals surface area (Å²) in [6.07, 6.45) is 0.813. The van der Waals surface area contributed by atoms with Gasteiger partial charge in [-0.15, -0.1) is 0 Å². The molecule has 1 aromatic heterocycles. The Labute approximate surface area is 126 Å². The minimum Gasteiger partial charge on any atom is -0.496 e. The second-order valence-electron chi connectivity index (χ2n) is 5.04. The van der Waals surface area contributed by atoms with E-state index in [-0.39, 0.29) is 6.04 Å². The van der Waals surface area contributed by atoms with Crippen LogP contribution in [0.15, 0.2) is 27.2 Å². The number of aromatic nitrogens is 2. The largest absolute Gasteiger partial charge is 0.496 e. The Bertz CT molecular complexity index is 584. The van der Waals surface area contributed by atoms with Crippen molar-refractivity contribution in [3.8, 4) is 17.1 Å². The molecule has 0 unspecified atom stereocenters. The third kappa shape index (κ3) is 3.37. The molecule has 0 aliphatic rings. The Morgan fingerprint density at radius 3 is 2.75 bits per heavy atom. The van der Waals surface area contributed by atoms with Gasteiger partial charge in [0.1, 0.15) is 5.75 Å². The number of rotatable bonds is 5. The zero-order valence-corrected chi connectivity index (χ0v) is 13.3. The maximum Gasteiger partial charge on any atom is 0.243 e. The third-order valence-corrected chi connectivity index (χ3v) is 3.51. The van der Waals surface area contributed by atoms with Gasteiger partial charge < -0.3 is 15.0 Å². The molecule has 0 fully saturated rings. The van der Waals surface area contributed by atoms with Crippen molar-refractivity contribution in [1.29, 1.82) is 0 Å². The summed E-state index contributed by atoms with van der Waals surface area (Å²) in [7, 11) is 1.62. The first-order valence-corrected chi connectivity index (χ1v) is 7.23. The lowest BCUT2D eigenvalue weighted by atomic mass is 10.0. The molecule has 108 valence electrons. The van der Waals surface area contributed by atoms with Crippen LogP contribution < -0.4 is 10.5 Å². The molecule has 0 saturated carbocycles. The van der Waals surface area contributed by atoms with Crippen molar-refractivity contribution in [2.24, 2.45) is 11.7 Å². The van der Waals surface area contributed by atoms with Crippen molar-refractivity contribution in [1.82, 2.24) is 10.1 Å². The van der Waals surface area contributed by atoms with E-state index < -0.39 is 0 Å². The Hall–Kier alpha value is -1.40. The van der Waals surface area contributed by atoms with Gasteiger partial charge in [0.25, 0.3) is 0 Å². The van der Waals surface area contributed by atoms with Crippen molar-refractivity contribution in [3.63, 3.8) is 0 Å². The molecular weight excluding hydrogens is 322 g/mol. The molecule has 5 nitrogen and oxygen atoms in total. The SMILES string of the molecule is COc1ccc(-c2noc([C@H](N)CC(C)C)n2)cc1Br. The molecule has 0 aliphatic heterocycles. The van der Waals surface area contributed by atoms with Gasteiger partial charge in [-0.25, -0.2) is 0 Å². The fourth-order valence-electron chi connectivity index (χ4n) is 1.92. The minimum atomic E-state index is -0.224. The monoisotopic (exact) mass is 339 g/mol. The number of nitrogens with zero attached hydrogens (tertiary/aromatic N) is 2. The Morgan fingerprint density at radius 1 is 1.40 bits per heavy atom. The smallest absolute Gasteiger partial charge is 0.243 e. The van der Waals surface area contributed by atoms with Crippen LogP contribution in [-0.2, 0) is 0 Å². The summed E-state index contributed by atoms with van der Waals surface area (Å²) in [6.45, 7) is 4.22. The predicted molar refractivity (Wildman–Crippen MR) is 80.4 cm³/mol. The van der Waals surface area contributed by atoms with Crippen LogP contribution >= 0.6 is 15.9 Å². The second-order valence-corrected chi connectivity index (χ2v) is 5.90. The highest BCUT2D eigenvalue weighted by Gasteiger charge is 2.17. The van der Waals surface area contributed by atoms with Gasteiger partial charge in [0.15, 0.2) is 0 Å². The fourth-order valence-corrected chi connectivity index (χ4v) is 2.46. The molecule has 2 N–H and O–H groups in total. The van der Waals surface area contributed by atoms with Crippen LogP contribution in [0.25, 0.3) is 11.4 Å². The number of benzene rings is 1. The van der Waals surface area contributed by atoms with Gasteiger partial charge >= 0.3 is 0 Å². The van der Waals surface area contributed by atoms with Crippen LogP contribution in [0.1, 0.15) is 32.2 Å². The lowest BCUT2D eigenvalue weighted by molar-refractivity contribution is 0.335. The van der Waals surface area contributed by atoms with Gasteiger partial charge in [-0.1, -0.05) is 19.0 Å². The summed E-state index contributed by atoms with van der Waals surface area (Å²) in [5, 5.41) is 3.98. The average molecular weight is 340 g/mol. The number of hydrogen-bond donors (Lipinski definition) is 1. The molecule has 2 rings (SSSR count). The standard InChI is InChI=1S/C14H18BrN3O2/c1-8(2)6-11(16)14-17-13(18-20-14)9-4-5-12(19-3)10(15)7-9/h4-5,7-8,11H,6,16H2,1-3H3/t11-/m1/s1. The number of hydrogen-bond acceptors (Lipinski definition) is 5. The first kappa shape index (κ1) is 15.0. The quantitative estimate of drug-likeness (QED) is 0.901. The molecule has 0 saturated heterocycles. The third-order valence-electron chi connectivity index (χ3n) is 2.89. The van der Waals surface area contributed by atoms with Gasteiger partial charge in [0.2, 0.25) is 11.7 Å². The molecule has 1 aromatic carbocycles. The van der Waals surface area contributed by atoms with Crippen molar-refractivity contribution < 1.29 is 9.26 Å². The zero-order valence-electron chi connectivity index (χ0n) is 11.8. The zero-order chi connectivity index (χ0) is 14.7. The van der Waals surface area contributed by atoms with E-state index in [1.807, 2.05) is 18.2 Å². The summed E-state index contributed by atoms with van der Waals surface area (Å²) in [5.74, 6) is 2.24. The lowest BCUT2D eigenvalue weighted by Gasteiger charge is -2.08. The van der Waals surface area contributed by atoms with Crippen molar-refractivity contribution in [3.05, 3.63) is 28.6 Å². The van der Waals surface area contributed by atoms with Gasteiger partial charge in [-0.05, 0) is 46.5 Å². The van der Waals surface area contributed by atoms with E-state index in [9.17, 15) is 0 Å². The molecule has 0 bridgehead atoms. The van der Waals surface area contributed by atoms with Crippen LogP contribution in [0.3, 0.4) is 0 Å². The Kier molecular flexibility index (Phi) is 4.77. The molecule has 1 heterocycles. The van der Waals surface area contributed by atoms with Crippen LogP contribution in [-0.4, -0.2) is 17.3 Å². The minimum absolute atomic E-state index is 0.224. The summed E-state index contributed by atoms with van der Waals surface area (Å²) in [5.41, 5.74) is 6.89. The fraction of sp³-hybridized carbons (Fsp3) is 0.429. The number of ether oxygens (including phenoxy) is 1. The van der Waals surface area contributed by atoms with Gasteiger partial charge in [0, 0.05) is 5.56 Å². The molecule has 6 heteroatoms. The molecule has 20 heavy (non-hydrogen) atoms. The predicted octanol–water partition coefficient (Wildman–Crippen LogP) is 3.55. The summed E-state index contributed by atoms with van der Waals surface area (Å²) >= 11 is 3.44. The van der Waals surface area contributed by atoms with E-state index in [4.69, 9.17) is 15.0 Å². The highest BCUT2D eigenvalue weighted by atomic mass is 79.9. The number of halogens is 1. The lowest BCUT2D eigenvalue weighted by Crippen LogP contribution is -2.13. The van der Waals surface area contributed by atoms with E-state index in [0.29, 0.717) is 17.6 Å². The molecule has 1 atom stereocenters. The molecule has 0 aliphatic carbocycles. The van der Waals surface area contributed by atoms with Crippen molar-refractivity contribution in [2.45, 2.75) is 26.3 Å². The molecule has 2 aromatic rings. The molecular formula is C14H18BrN3O2. The van der Waals surface area contributed by atoms with Crippen molar-refractivity contribution >= 4 is 15.9 Å². The van der Waals surface area contributed by atoms with Gasteiger partial charge in [-0.3, -0.25) is 0 Å². The first-order chi connectivity index (χ1) is 9.51. The maximum absolute atomic E-state index is 6.04.